The van der Waals surface area contributed by atoms with Crippen molar-refractivity contribution in [3.8, 4) is 11.1 Å². The Morgan fingerprint density at radius 3 is 2.79 bits per heavy atom. The van der Waals surface area contributed by atoms with Gasteiger partial charge >= 0.3 is 0 Å². The number of nitrogens with zero attached hydrogens (tertiary/aromatic N) is 2. The Balaban J connectivity index is 1.87. The first-order valence-corrected chi connectivity index (χ1v) is 6.65. The molecule has 2 aromatic heterocycles. The largest absolute Gasteiger partial charge is 0.361 e. The Hall–Kier alpha value is -2.10. The van der Waals surface area contributed by atoms with Crippen molar-refractivity contribution in [3.63, 3.8) is 0 Å². The van der Waals surface area contributed by atoms with Gasteiger partial charge in [0.25, 0.3) is 0 Å². The number of fused-ring (bicyclic) bond motifs is 1. The van der Waals surface area contributed by atoms with Gasteiger partial charge < -0.3 is 9.51 Å². The van der Waals surface area contributed by atoms with Crippen LogP contribution in [-0.2, 0) is 0 Å². The molecule has 96 valence electrons. The van der Waals surface area contributed by atoms with Gasteiger partial charge in [-0.1, -0.05) is 11.2 Å². The molecule has 1 fully saturated rings. The minimum Gasteiger partial charge on any atom is -0.361 e. The molecule has 1 N–H and O–H groups in total. The highest BCUT2D eigenvalue weighted by molar-refractivity contribution is 5.83. The van der Waals surface area contributed by atoms with E-state index in [1.807, 2.05) is 13.8 Å². The Morgan fingerprint density at radius 2 is 2.11 bits per heavy atom. The predicted molar refractivity (Wildman–Crippen MR) is 73.0 cm³/mol. The Bertz CT molecular complexity index is 745. The molecule has 1 saturated carbocycles. The molecule has 0 spiro atoms. The quantitative estimate of drug-likeness (QED) is 0.757. The summed E-state index contributed by atoms with van der Waals surface area (Å²) in [7, 11) is 0. The molecular weight excluding hydrogens is 238 g/mol. The lowest BCUT2D eigenvalue weighted by molar-refractivity contribution is 0.393. The van der Waals surface area contributed by atoms with Crippen molar-refractivity contribution in [2.45, 2.75) is 32.6 Å². The van der Waals surface area contributed by atoms with Crippen LogP contribution >= 0.6 is 0 Å². The molecule has 0 atom stereocenters. The van der Waals surface area contributed by atoms with Gasteiger partial charge in [0.2, 0.25) is 0 Å². The lowest BCUT2D eigenvalue weighted by atomic mass is 10.0. The number of rotatable bonds is 2. The summed E-state index contributed by atoms with van der Waals surface area (Å²) in [6.07, 6.45) is 2.52. The highest BCUT2D eigenvalue weighted by Gasteiger charge is 2.26. The molecule has 0 saturated heterocycles. The minimum atomic E-state index is 0.648. The highest BCUT2D eigenvalue weighted by atomic mass is 16.5. The summed E-state index contributed by atoms with van der Waals surface area (Å²) in [5.74, 6) is 2.64. The van der Waals surface area contributed by atoms with Crippen molar-refractivity contribution < 1.29 is 4.52 Å². The number of aromatic nitrogens is 3. The molecule has 0 amide bonds. The number of nitrogens with one attached hydrogen (secondary N) is 1. The number of aryl methyl sites for hydroxylation is 2. The van der Waals surface area contributed by atoms with E-state index in [0.29, 0.717) is 5.92 Å². The van der Waals surface area contributed by atoms with Crippen molar-refractivity contribution in [1.29, 1.82) is 0 Å². The van der Waals surface area contributed by atoms with E-state index in [0.717, 1.165) is 39.4 Å². The zero-order chi connectivity index (χ0) is 13.0. The molecule has 1 aromatic carbocycles. The Morgan fingerprint density at radius 1 is 1.26 bits per heavy atom. The van der Waals surface area contributed by atoms with Crippen LogP contribution < -0.4 is 0 Å². The van der Waals surface area contributed by atoms with Crippen molar-refractivity contribution in [3.05, 3.63) is 35.5 Å². The van der Waals surface area contributed by atoms with Crippen LogP contribution in [0.4, 0.5) is 0 Å². The molecule has 0 unspecified atom stereocenters. The molecule has 1 aliphatic carbocycles. The topological polar surface area (TPSA) is 54.7 Å². The van der Waals surface area contributed by atoms with Crippen LogP contribution in [0.2, 0.25) is 0 Å². The molecule has 0 bridgehead atoms. The molecule has 0 aliphatic heterocycles. The van der Waals surface area contributed by atoms with Gasteiger partial charge in [0.1, 0.15) is 11.6 Å². The van der Waals surface area contributed by atoms with E-state index in [2.05, 4.69) is 33.3 Å². The zero-order valence-corrected chi connectivity index (χ0v) is 11.0. The van der Waals surface area contributed by atoms with Gasteiger partial charge in [-0.15, -0.1) is 0 Å². The lowest BCUT2D eigenvalue weighted by Gasteiger charge is -1.99. The summed E-state index contributed by atoms with van der Waals surface area (Å²) >= 11 is 0. The van der Waals surface area contributed by atoms with E-state index in [4.69, 9.17) is 4.52 Å². The van der Waals surface area contributed by atoms with Crippen molar-refractivity contribution in [2.75, 3.05) is 0 Å². The van der Waals surface area contributed by atoms with Crippen LogP contribution in [0.5, 0.6) is 0 Å². The summed E-state index contributed by atoms with van der Waals surface area (Å²) in [6, 6.07) is 6.30. The monoisotopic (exact) mass is 253 g/mol. The Kier molecular flexibility index (Phi) is 2.10. The maximum atomic E-state index is 5.24. The third-order valence-corrected chi connectivity index (χ3v) is 3.79. The molecule has 19 heavy (non-hydrogen) atoms. The van der Waals surface area contributed by atoms with Crippen LogP contribution in [0.1, 0.15) is 36.0 Å². The summed E-state index contributed by atoms with van der Waals surface area (Å²) in [4.78, 5) is 8.08. The maximum Gasteiger partial charge on any atom is 0.141 e. The molecule has 4 heteroatoms. The smallest absolute Gasteiger partial charge is 0.141 e. The molecule has 1 aliphatic rings. The van der Waals surface area contributed by atoms with Gasteiger partial charge in [-0.05, 0) is 44.4 Å². The molecular formula is C15H15N3O. The molecule has 4 nitrogen and oxygen atoms in total. The molecule has 4 rings (SSSR count). The molecule has 0 radical (unpaired) electrons. The first-order valence-electron chi connectivity index (χ1n) is 6.65. The standard InChI is InChI=1S/C15H15N3O/c1-8-14(9(2)19-18-8)11-5-6-12-13(7-11)17-15(16-12)10-3-4-10/h5-7,10H,3-4H2,1-2H3,(H,16,17). The lowest BCUT2D eigenvalue weighted by Crippen LogP contribution is -1.82. The van der Waals surface area contributed by atoms with E-state index in [1.54, 1.807) is 0 Å². The third kappa shape index (κ3) is 1.67. The van der Waals surface area contributed by atoms with Crippen molar-refractivity contribution in [1.82, 2.24) is 15.1 Å². The number of aromatic amines is 1. The SMILES string of the molecule is Cc1noc(C)c1-c1ccc2nc(C3CC3)[nH]c2c1. The van der Waals surface area contributed by atoms with Crippen LogP contribution in [-0.4, -0.2) is 15.1 Å². The summed E-state index contributed by atoms with van der Waals surface area (Å²) in [5, 5.41) is 4.02. The summed E-state index contributed by atoms with van der Waals surface area (Å²) in [6.45, 7) is 3.92. The number of hydrogen-bond acceptors (Lipinski definition) is 3. The van der Waals surface area contributed by atoms with E-state index in [-0.39, 0.29) is 0 Å². The van der Waals surface area contributed by atoms with Gasteiger partial charge in [-0.2, -0.15) is 0 Å². The van der Waals surface area contributed by atoms with Gasteiger partial charge in [-0.3, -0.25) is 0 Å². The minimum absolute atomic E-state index is 0.648. The van der Waals surface area contributed by atoms with E-state index in [1.165, 1.54) is 12.8 Å². The third-order valence-electron chi connectivity index (χ3n) is 3.79. The van der Waals surface area contributed by atoms with Crippen LogP contribution in [0.15, 0.2) is 22.7 Å². The van der Waals surface area contributed by atoms with Crippen molar-refractivity contribution >= 4 is 11.0 Å². The van der Waals surface area contributed by atoms with Crippen LogP contribution in [0, 0.1) is 13.8 Å². The second-order valence-electron chi connectivity index (χ2n) is 5.33. The summed E-state index contributed by atoms with van der Waals surface area (Å²) in [5.41, 5.74) is 5.29. The van der Waals surface area contributed by atoms with E-state index >= 15 is 0 Å². The highest BCUT2D eigenvalue weighted by Crippen LogP contribution is 2.39. The molecule has 2 heterocycles. The zero-order valence-electron chi connectivity index (χ0n) is 11.0. The Labute approximate surface area is 110 Å². The first-order chi connectivity index (χ1) is 9.22. The fourth-order valence-corrected chi connectivity index (χ4v) is 2.63. The van der Waals surface area contributed by atoms with Gasteiger partial charge in [0, 0.05) is 11.5 Å². The van der Waals surface area contributed by atoms with Gasteiger partial charge in [-0.25, -0.2) is 4.98 Å². The number of hydrogen-bond donors (Lipinski definition) is 1. The number of benzene rings is 1. The van der Waals surface area contributed by atoms with Gasteiger partial charge in [0.05, 0.1) is 16.7 Å². The van der Waals surface area contributed by atoms with E-state index in [9.17, 15) is 0 Å². The number of H-pyrrole nitrogens is 1. The normalized spacial score (nSPS) is 15.3. The number of imidazole rings is 1. The first kappa shape index (κ1) is 10.8. The molecule has 3 aromatic rings. The average Bonchev–Trinajstić information content (AvgIpc) is 3.08. The maximum absolute atomic E-state index is 5.24. The van der Waals surface area contributed by atoms with E-state index < -0.39 is 0 Å². The summed E-state index contributed by atoms with van der Waals surface area (Å²) < 4.78 is 5.24. The van der Waals surface area contributed by atoms with Crippen molar-refractivity contribution in [2.24, 2.45) is 0 Å². The second kappa shape index (κ2) is 3.70. The second-order valence-corrected chi connectivity index (χ2v) is 5.33. The van der Waals surface area contributed by atoms with Crippen LogP contribution in [0.25, 0.3) is 22.2 Å². The fourth-order valence-electron chi connectivity index (χ4n) is 2.63. The fraction of sp³-hybridized carbons (Fsp3) is 0.333. The van der Waals surface area contributed by atoms with Crippen LogP contribution in [0.3, 0.4) is 0 Å². The van der Waals surface area contributed by atoms with Gasteiger partial charge in [0.15, 0.2) is 0 Å². The average molecular weight is 253 g/mol. The predicted octanol–water partition coefficient (Wildman–Crippen LogP) is 3.71.